The van der Waals surface area contributed by atoms with Gasteiger partial charge in [0.15, 0.2) is 5.78 Å². The molecule has 1 saturated heterocycles. The maximum Gasteiger partial charge on any atom is 0.274 e. The fourth-order valence-corrected chi connectivity index (χ4v) is 6.96. The predicted molar refractivity (Wildman–Crippen MR) is 163 cm³/mol. The average molecular weight is 574 g/mol. The van der Waals surface area contributed by atoms with Crippen molar-refractivity contribution in [2.75, 3.05) is 29.9 Å². The van der Waals surface area contributed by atoms with Crippen LogP contribution in [0.5, 0.6) is 0 Å². The number of nitrogens with one attached hydrogen (secondary N) is 2. The zero-order valence-corrected chi connectivity index (χ0v) is 23.3. The average Bonchev–Trinajstić information content (AvgIpc) is 3.41. The Hall–Kier alpha value is -3.79. The van der Waals surface area contributed by atoms with E-state index in [0.717, 1.165) is 35.7 Å². The summed E-state index contributed by atoms with van der Waals surface area (Å²) >= 11 is 1.02. The van der Waals surface area contributed by atoms with Crippen LogP contribution in [0.3, 0.4) is 0 Å². The zero-order chi connectivity index (χ0) is 33.5. The molecule has 3 aliphatic rings. The van der Waals surface area contributed by atoms with Crippen molar-refractivity contribution in [3.63, 3.8) is 0 Å². The molecule has 1 aliphatic carbocycles. The van der Waals surface area contributed by atoms with E-state index in [1.54, 1.807) is 19.3 Å². The predicted octanol–water partition coefficient (Wildman–Crippen LogP) is 4.51. The first kappa shape index (κ1) is 20.1. The van der Waals surface area contributed by atoms with E-state index in [1.807, 2.05) is 41.4 Å². The third kappa shape index (κ3) is 4.67. The van der Waals surface area contributed by atoms with Gasteiger partial charge in [-0.2, -0.15) is 0 Å². The molecule has 3 N–H and O–H groups in total. The lowest BCUT2D eigenvalue weighted by Crippen LogP contribution is -2.39. The number of hydrogen-bond acceptors (Lipinski definition) is 8. The standard InChI is InChI=1S/C32H33N5O3S/c1-36-16-20(12-26(32(36)40)35-30-9-8-19(15-34-30)21-13-33-14-21)22-4-2-6-27(25(22)18-38)37-11-10-23-24-5-3-7-28(39)31(24)41-29(23)17-37/h2,4,6,8-9,12,15-16,21,33,38H,3,5,7,10-11,13-14,17-18H2,1H3,(H,34,35)/i3D2,5D2,7D2. The van der Waals surface area contributed by atoms with Crippen LogP contribution in [-0.2, 0) is 33.0 Å². The number of aliphatic hydroxyl groups is 1. The molecule has 5 heterocycles. The summed E-state index contributed by atoms with van der Waals surface area (Å²) in [6.07, 6.45) is -4.89. The second-order valence-corrected chi connectivity index (χ2v) is 11.7. The van der Waals surface area contributed by atoms with E-state index in [1.165, 1.54) is 4.57 Å². The number of pyridine rings is 2. The summed E-state index contributed by atoms with van der Waals surface area (Å²) in [5, 5.41) is 17.1. The van der Waals surface area contributed by atoms with Gasteiger partial charge in [0, 0.05) is 81.3 Å². The van der Waals surface area contributed by atoms with Gasteiger partial charge in [-0.05, 0) is 59.6 Å². The number of anilines is 3. The number of carbonyl (C=O) groups is 1. The van der Waals surface area contributed by atoms with E-state index in [9.17, 15) is 14.7 Å². The number of benzene rings is 1. The van der Waals surface area contributed by atoms with Crippen LogP contribution in [0, 0.1) is 0 Å². The SMILES string of the molecule is [2H]C1([2H])C(=O)c2sc3c(c2C([2H])([2H])C1([2H])[2H])CCN(c1cccc(-c2cc(Nc4ccc(C5CNC5)cn4)c(=O)n(C)c2)c1CO)C3. The Balaban J connectivity index is 1.21. The minimum Gasteiger partial charge on any atom is -0.392 e. The highest BCUT2D eigenvalue weighted by atomic mass is 32.1. The van der Waals surface area contributed by atoms with Crippen molar-refractivity contribution in [3.8, 4) is 11.1 Å². The molecule has 210 valence electrons. The van der Waals surface area contributed by atoms with Gasteiger partial charge in [0.2, 0.25) is 0 Å². The topological polar surface area (TPSA) is 99.5 Å². The van der Waals surface area contributed by atoms with Crippen molar-refractivity contribution in [2.24, 2.45) is 7.05 Å². The van der Waals surface area contributed by atoms with Crippen LogP contribution >= 0.6 is 11.3 Å². The summed E-state index contributed by atoms with van der Waals surface area (Å²) in [6.45, 7) is 2.22. The Bertz CT molecular complexity index is 1970. The summed E-state index contributed by atoms with van der Waals surface area (Å²) in [6, 6.07) is 11.2. The number of Topliss-reactive ketones (excluding diaryl/α,β-unsaturated/α-hetero) is 1. The Morgan fingerprint density at radius 2 is 2.07 bits per heavy atom. The van der Waals surface area contributed by atoms with E-state index < -0.39 is 24.9 Å². The molecule has 0 bridgehead atoms. The molecule has 2 aliphatic heterocycles. The van der Waals surface area contributed by atoms with Gasteiger partial charge in [-0.15, -0.1) is 11.3 Å². The maximum atomic E-state index is 13.1. The molecule has 41 heavy (non-hydrogen) atoms. The number of fused-ring (bicyclic) bond motifs is 3. The van der Waals surface area contributed by atoms with Gasteiger partial charge in [-0.1, -0.05) is 18.2 Å². The van der Waals surface area contributed by atoms with Crippen LogP contribution in [0.15, 0.2) is 53.6 Å². The van der Waals surface area contributed by atoms with Crippen LogP contribution in [0.2, 0.25) is 0 Å². The molecule has 0 spiro atoms. The summed E-state index contributed by atoms with van der Waals surface area (Å²) in [4.78, 5) is 33.4. The number of nitrogens with zero attached hydrogens (tertiary/aromatic N) is 3. The fourth-order valence-electron chi connectivity index (χ4n) is 5.75. The van der Waals surface area contributed by atoms with Crippen molar-refractivity contribution in [2.45, 2.75) is 44.6 Å². The number of rotatable bonds is 6. The van der Waals surface area contributed by atoms with Gasteiger partial charge >= 0.3 is 0 Å². The number of aromatic nitrogens is 2. The highest BCUT2D eigenvalue weighted by Crippen LogP contribution is 2.40. The lowest BCUT2D eigenvalue weighted by Gasteiger charge is -2.32. The van der Waals surface area contributed by atoms with Gasteiger partial charge in [-0.25, -0.2) is 4.98 Å². The summed E-state index contributed by atoms with van der Waals surface area (Å²) in [5.74, 6) is -0.0485. The quantitative estimate of drug-likeness (QED) is 0.312. The number of ketones is 1. The van der Waals surface area contributed by atoms with E-state index in [4.69, 9.17) is 8.22 Å². The second kappa shape index (κ2) is 10.6. The zero-order valence-electron chi connectivity index (χ0n) is 28.5. The third-order valence-corrected chi connectivity index (χ3v) is 9.29. The minimum atomic E-state index is -3.04. The molecule has 0 atom stereocenters. The monoisotopic (exact) mass is 573 g/mol. The molecule has 0 amide bonds. The molecule has 3 aromatic heterocycles. The maximum absolute atomic E-state index is 13.1. The molecule has 1 aromatic carbocycles. The van der Waals surface area contributed by atoms with Gasteiger partial charge in [0.1, 0.15) is 11.5 Å². The molecule has 7 rings (SSSR count). The van der Waals surface area contributed by atoms with Crippen molar-refractivity contribution < 1.29 is 18.1 Å². The lowest BCUT2D eigenvalue weighted by atomic mass is 9.91. The Labute approximate surface area is 251 Å². The van der Waals surface area contributed by atoms with Crippen LogP contribution in [0.4, 0.5) is 17.2 Å². The van der Waals surface area contributed by atoms with E-state index in [2.05, 4.69) is 15.6 Å². The smallest absolute Gasteiger partial charge is 0.274 e. The second-order valence-electron chi connectivity index (χ2n) is 10.6. The van der Waals surface area contributed by atoms with Crippen LogP contribution < -0.4 is 21.1 Å². The number of aryl methyl sites for hydroxylation is 1. The Morgan fingerprint density at radius 3 is 2.83 bits per heavy atom. The van der Waals surface area contributed by atoms with Crippen molar-refractivity contribution in [1.29, 1.82) is 0 Å². The highest BCUT2D eigenvalue weighted by molar-refractivity contribution is 7.14. The van der Waals surface area contributed by atoms with Gasteiger partial charge < -0.3 is 25.2 Å². The first-order valence-corrected chi connectivity index (χ1v) is 14.4. The van der Waals surface area contributed by atoms with E-state index >= 15 is 0 Å². The van der Waals surface area contributed by atoms with Gasteiger partial charge in [0.05, 0.1) is 18.0 Å². The highest BCUT2D eigenvalue weighted by Gasteiger charge is 2.30. The van der Waals surface area contributed by atoms with Crippen molar-refractivity contribution in [1.82, 2.24) is 14.9 Å². The van der Waals surface area contributed by atoms with E-state index in [-0.39, 0.29) is 29.2 Å². The first-order chi connectivity index (χ1) is 22.3. The summed E-state index contributed by atoms with van der Waals surface area (Å²) in [5.41, 5.74) is 4.52. The molecular formula is C32H33N5O3S. The normalized spacial score (nSPS) is 22.6. The van der Waals surface area contributed by atoms with Gasteiger partial charge in [-0.3, -0.25) is 9.59 Å². The van der Waals surface area contributed by atoms with Crippen molar-refractivity contribution in [3.05, 3.63) is 91.2 Å². The fraction of sp³-hybridized carbons (Fsp3) is 0.344. The minimum absolute atomic E-state index is 0.0344. The van der Waals surface area contributed by atoms with Crippen LogP contribution in [-0.4, -0.2) is 40.1 Å². The first-order valence-electron chi connectivity index (χ1n) is 16.6. The van der Waals surface area contributed by atoms with Crippen molar-refractivity contribution >= 4 is 34.3 Å². The summed E-state index contributed by atoms with van der Waals surface area (Å²) < 4.78 is 51.5. The molecule has 0 saturated carbocycles. The number of thiophene rings is 1. The summed E-state index contributed by atoms with van der Waals surface area (Å²) in [7, 11) is 1.66. The number of carbonyl (C=O) groups excluding carboxylic acids is 1. The third-order valence-electron chi connectivity index (χ3n) is 8.07. The largest absolute Gasteiger partial charge is 0.392 e. The van der Waals surface area contributed by atoms with E-state index in [0.29, 0.717) is 57.5 Å². The lowest BCUT2D eigenvalue weighted by molar-refractivity contribution is 0.0976. The molecular weight excluding hydrogens is 534 g/mol. The van der Waals surface area contributed by atoms with Gasteiger partial charge in [0.25, 0.3) is 5.56 Å². The molecule has 4 aromatic rings. The number of aliphatic hydroxyl groups excluding tert-OH is 1. The molecule has 0 radical (unpaired) electrons. The Kier molecular flexibility index (Phi) is 5.19. The molecule has 9 heteroatoms. The van der Waals surface area contributed by atoms with Crippen LogP contribution in [0.25, 0.3) is 11.1 Å². The molecule has 8 nitrogen and oxygen atoms in total. The van der Waals surface area contributed by atoms with Crippen LogP contribution in [0.1, 0.15) is 63.7 Å². The molecule has 1 fully saturated rings. The molecule has 0 unspecified atom stereocenters. The number of hydrogen-bond donors (Lipinski definition) is 3. The Morgan fingerprint density at radius 1 is 1.20 bits per heavy atom.